The van der Waals surface area contributed by atoms with Crippen LogP contribution in [0.1, 0.15) is 44.8 Å². The highest BCUT2D eigenvalue weighted by Gasteiger charge is 2.41. The summed E-state index contributed by atoms with van der Waals surface area (Å²) in [5, 5.41) is 5.14. The van der Waals surface area contributed by atoms with Crippen LogP contribution in [-0.2, 0) is 5.41 Å². The zero-order chi connectivity index (χ0) is 15.0. The molecule has 2 N–H and O–H groups in total. The maximum atomic E-state index is 6.35. The second-order valence-electron chi connectivity index (χ2n) is 5.71. The van der Waals surface area contributed by atoms with Gasteiger partial charge in [-0.1, -0.05) is 54.2 Å². The molecule has 0 saturated heterocycles. The average Bonchev–Trinajstić information content (AvgIpc) is 3.07. The first-order valence-electron chi connectivity index (χ1n) is 7.29. The van der Waals surface area contributed by atoms with Crippen molar-refractivity contribution in [3.63, 3.8) is 0 Å². The highest BCUT2D eigenvalue weighted by molar-refractivity contribution is 6.39. The van der Waals surface area contributed by atoms with Gasteiger partial charge in [-0.2, -0.15) is 0 Å². The Morgan fingerprint density at radius 1 is 1.19 bits per heavy atom. The van der Waals surface area contributed by atoms with Crippen molar-refractivity contribution in [1.29, 1.82) is 0 Å². The van der Waals surface area contributed by atoms with E-state index in [1.807, 2.05) is 18.2 Å². The van der Waals surface area contributed by atoms with Gasteiger partial charge in [0.2, 0.25) is 0 Å². The molecule has 1 saturated carbocycles. The molecule has 0 spiro atoms. The van der Waals surface area contributed by atoms with Crippen LogP contribution in [0.3, 0.4) is 0 Å². The van der Waals surface area contributed by atoms with Crippen LogP contribution in [0.4, 0.5) is 5.82 Å². The van der Waals surface area contributed by atoms with E-state index in [-0.39, 0.29) is 5.41 Å². The van der Waals surface area contributed by atoms with Crippen LogP contribution >= 0.6 is 23.2 Å². The molecule has 0 amide bonds. The summed E-state index contributed by atoms with van der Waals surface area (Å²) in [6.45, 7) is 2.18. The molecule has 1 aliphatic rings. The van der Waals surface area contributed by atoms with E-state index in [0.717, 1.165) is 36.1 Å². The molecule has 1 aromatic carbocycles. The summed E-state index contributed by atoms with van der Waals surface area (Å²) >= 11 is 12.7. The van der Waals surface area contributed by atoms with Crippen molar-refractivity contribution in [2.75, 3.05) is 5.73 Å². The SMILES string of the molecule is CCC1(c2onc(N)c2-c2c(Cl)cccc2Cl)CCCC1. The Morgan fingerprint density at radius 3 is 2.38 bits per heavy atom. The molecule has 1 fully saturated rings. The van der Waals surface area contributed by atoms with Gasteiger partial charge < -0.3 is 10.3 Å². The third-order valence-corrected chi connectivity index (χ3v) is 5.28. The van der Waals surface area contributed by atoms with Gasteiger partial charge in [-0.05, 0) is 31.4 Å². The lowest BCUT2D eigenvalue weighted by atomic mass is 9.78. The van der Waals surface area contributed by atoms with E-state index in [9.17, 15) is 0 Å². The van der Waals surface area contributed by atoms with Gasteiger partial charge >= 0.3 is 0 Å². The number of anilines is 1. The summed E-state index contributed by atoms with van der Waals surface area (Å²) < 4.78 is 5.65. The quantitative estimate of drug-likeness (QED) is 0.816. The number of hydrogen-bond acceptors (Lipinski definition) is 3. The molecule has 1 heterocycles. The fourth-order valence-corrected chi connectivity index (χ4v) is 4.02. The molecule has 21 heavy (non-hydrogen) atoms. The fourth-order valence-electron chi connectivity index (χ4n) is 3.44. The maximum absolute atomic E-state index is 6.35. The summed E-state index contributed by atoms with van der Waals surface area (Å²) in [5.41, 5.74) is 7.58. The third-order valence-electron chi connectivity index (χ3n) is 4.65. The molecule has 3 nitrogen and oxygen atoms in total. The Hall–Kier alpha value is -1.19. The molecule has 0 radical (unpaired) electrons. The molecule has 1 aromatic heterocycles. The van der Waals surface area contributed by atoms with Crippen LogP contribution in [0.15, 0.2) is 22.7 Å². The first-order chi connectivity index (χ1) is 10.1. The number of nitrogens with zero attached hydrogens (tertiary/aromatic N) is 1. The van der Waals surface area contributed by atoms with Crippen molar-refractivity contribution in [2.45, 2.75) is 44.4 Å². The Balaban J connectivity index is 2.23. The molecule has 1 aliphatic carbocycles. The van der Waals surface area contributed by atoms with E-state index in [2.05, 4.69) is 12.1 Å². The van der Waals surface area contributed by atoms with Crippen molar-refractivity contribution in [1.82, 2.24) is 5.16 Å². The van der Waals surface area contributed by atoms with Gasteiger partial charge in [0.1, 0.15) is 0 Å². The van der Waals surface area contributed by atoms with Gasteiger partial charge in [0.25, 0.3) is 0 Å². The van der Waals surface area contributed by atoms with Gasteiger partial charge in [-0.15, -0.1) is 0 Å². The minimum Gasteiger partial charge on any atom is -0.380 e. The van der Waals surface area contributed by atoms with E-state index in [1.54, 1.807) is 0 Å². The van der Waals surface area contributed by atoms with Crippen LogP contribution in [0, 0.1) is 0 Å². The maximum Gasteiger partial charge on any atom is 0.175 e. The summed E-state index contributed by atoms with van der Waals surface area (Å²) in [5.74, 6) is 1.20. The van der Waals surface area contributed by atoms with Crippen molar-refractivity contribution < 1.29 is 4.52 Å². The van der Waals surface area contributed by atoms with Crippen molar-refractivity contribution in [3.05, 3.63) is 34.0 Å². The zero-order valence-electron chi connectivity index (χ0n) is 12.0. The third kappa shape index (κ3) is 2.33. The monoisotopic (exact) mass is 324 g/mol. The Bertz CT molecular complexity index is 640. The van der Waals surface area contributed by atoms with Gasteiger partial charge in [0.05, 0.1) is 15.6 Å². The number of nitrogens with two attached hydrogens (primary N) is 1. The second-order valence-corrected chi connectivity index (χ2v) is 6.52. The first kappa shape index (κ1) is 14.7. The van der Waals surface area contributed by atoms with E-state index in [4.69, 9.17) is 33.5 Å². The van der Waals surface area contributed by atoms with Crippen LogP contribution in [0.2, 0.25) is 10.0 Å². The van der Waals surface area contributed by atoms with Crippen LogP contribution < -0.4 is 5.73 Å². The molecule has 5 heteroatoms. The second kappa shape index (κ2) is 5.54. The molecule has 0 bridgehead atoms. The van der Waals surface area contributed by atoms with Crippen LogP contribution in [-0.4, -0.2) is 5.16 Å². The first-order valence-corrected chi connectivity index (χ1v) is 8.04. The molecule has 3 rings (SSSR count). The minimum absolute atomic E-state index is 0.00243. The molecule has 0 atom stereocenters. The lowest BCUT2D eigenvalue weighted by Crippen LogP contribution is -2.21. The largest absolute Gasteiger partial charge is 0.380 e. The van der Waals surface area contributed by atoms with E-state index in [1.165, 1.54) is 12.8 Å². The molecule has 2 aromatic rings. The molecule has 0 unspecified atom stereocenters. The van der Waals surface area contributed by atoms with Crippen molar-refractivity contribution in [2.24, 2.45) is 0 Å². The highest BCUT2D eigenvalue weighted by Crippen LogP contribution is 2.50. The molecular formula is C16H18Cl2N2O. The van der Waals surface area contributed by atoms with Gasteiger partial charge in [0, 0.05) is 11.0 Å². The van der Waals surface area contributed by atoms with Crippen molar-refractivity contribution >= 4 is 29.0 Å². The van der Waals surface area contributed by atoms with E-state index < -0.39 is 0 Å². The number of halogens is 2. The number of hydrogen-bond donors (Lipinski definition) is 1. The predicted octanol–water partition coefficient (Wildman–Crippen LogP) is 5.45. The van der Waals surface area contributed by atoms with Gasteiger partial charge in [0.15, 0.2) is 11.6 Å². The number of nitrogen functional groups attached to an aromatic ring is 1. The normalized spacial score (nSPS) is 17.3. The minimum atomic E-state index is 0.00243. The lowest BCUT2D eigenvalue weighted by Gasteiger charge is -2.25. The Kier molecular flexibility index (Phi) is 3.89. The predicted molar refractivity (Wildman–Crippen MR) is 86.8 cm³/mol. The zero-order valence-corrected chi connectivity index (χ0v) is 13.5. The summed E-state index contributed by atoms with van der Waals surface area (Å²) in [4.78, 5) is 0. The highest BCUT2D eigenvalue weighted by atomic mass is 35.5. The number of rotatable bonds is 3. The standard InChI is InChI=1S/C16H18Cl2N2O/c1-2-16(8-3-4-9-16)14-13(15(19)20-21-14)12-10(17)6-5-7-11(12)18/h5-7H,2-4,8-9H2,1H3,(H2,19,20). The van der Waals surface area contributed by atoms with Gasteiger partial charge in [-0.25, -0.2) is 0 Å². The van der Waals surface area contributed by atoms with Crippen molar-refractivity contribution in [3.8, 4) is 11.1 Å². The Labute approximate surface area is 134 Å². The van der Waals surface area contributed by atoms with Gasteiger partial charge in [-0.3, -0.25) is 0 Å². The Morgan fingerprint density at radius 2 is 1.81 bits per heavy atom. The molecular weight excluding hydrogens is 307 g/mol. The fraction of sp³-hybridized carbons (Fsp3) is 0.438. The van der Waals surface area contributed by atoms with E-state index >= 15 is 0 Å². The number of aromatic nitrogens is 1. The molecule has 0 aliphatic heterocycles. The summed E-state index contributed by atoms with van der Waals surface area (Å²) in [6, 6.07) is 5.45. The lowest BCUT2D eigenvalue weighted by molar-refractivity contribution is 0.284. The van der Waals surface area contributed by atoms with Crippen LogP contribution in [0.25, 0.3) is 11.1 Å². The molecule has 112 valence electrons. The average molecular weight is 325 g/mol. The van der Waals surface area contributed by atoms with Crippen LogP contribution in [0.5, 0.6) is 0 Å². The summed E-state index contributed by atoms with van der Waals surface area (Å²) in [6.07, 6.45) is 5.57. The summed E-state index contributed by atoms with van der Waals surface area (Å²) in [7, 11) is 0. The van der Waals surface area contributed by atoms with E-state index in [0.29, 0.717) is 15.9 Å². The number of benzene rings is 1. The smallest absolute Gasteiger partial charge is 0.175 e. The topological polar surface area (TPSA) is 52.0 Å².